The van der Waals surface area contributed by atoms with Crippen LogP contribution in [0, 0.1) is 0 Å². The van der Waals surface area contributed by atoms with Crippen LogP contribution in [-0.4, -0.2) is 38.9 Å². The van der Waals surface area contributed by atoms with Gasteiger partial charge in [-0.1, -0.05) is 19.1 Å². The number of rotatable bonds is 7. The van der Waals surface area contributed by atoms with Gasteiger partial charge in [0.1, 0.15) is 5.75 Å². The molecule has 0 spiro atoms. The largest absolute Gasteiger partial charge is 0.497 e. The van der Waals surface area contributed by atoms with Gasteiger partial charge in [0.15, 0.2) is 11.5 Å². The van der Waals surface area contributed by atoms with Crippen LogP contribution in [0.1, 0.15) is 12.5 Å². The molecule has 146 valence electrons. The average molecular weight is 399 g/mol. The lowest BCUT2D eigenvalue weighted by Crippen LogP contribution is -2.31. The van der Waals surface area contributed by atoms with Gasteiger partial charge in [0.05, 0.1) is 37.5 Å². The average Bonchev–Trinajstić information content (AvgIpc) is 2.97. The third-order valence-electron chi connectivity index (χ3n) is 4.33. The zero-order valence-corrected chi connectivity index (χ0v) is 17.0. The molecule has 0 bridgehead atoms. The van der Waals surface area contributed by atoms with Crippen LogP contribution < -0.4 is 19.1 Å². The molecule has 2 aromatic carbocycles. The number of ether oxygens (including phenoxy) is 3. The summed E-state index contributed by atoms with van der Waals surface area (Å²) < 4.78 is 15.7. The first-order valence-corrected chi connectivity index (χ1v) is 9.66. The maximum absolute atomic E-state index is 13.2. The minimum absolute atomic E-state index is 0.338. The Kier molecular flexibility index (Phi) is 5.94. The van der Waals surface area contributed by atoms with Crippen LogP contribution in [0.25, 0.3) is 5.57 Å². The van der Waals surface area contributed by atoms with Gasteiger partial charge >= 0.3 is 0 Å². The maximum atomic E-state index is 13.2. The van der Waals surface area contributed by atoms with E-state index in [0.717, 1.165) is 0 Å². The monoisotopic (exact) mass is 399 g/mol. The SMILES string of the molecule is CCSC1=C(c2ccc(OC)cc2)C(=O)N(c2ccc(OC)c(OC)c2)C1=O. The smallest absolute Gasteiger partial charge is 0.272 e. The Bertz CT molecular complexity index is 936. The number of nitrogens with zero attached hydrogens (tertiary/aromatic N) is 1. The topological polar surface area (TPSA) is 65.1 Å². The Morgan fingerprint density at radius 2 is 1.54 bits per heavy atom. The summed E-state index contributed by atoms with van der Waals surface area (Å²) in [5, 5.41) is 0. The van der Waals surface area contributed by atoms with Crippen LogP contribution in [0.4, 0.5) is 5.69 Å². The molecule has 0 aliphatic carbocycles. The Morgan fingerprint density at radius 1 is 0.857 bits per heavy atom. The lowest BCUT2D eigenvalue weighted by molar-refractivity contribution is -0.119. The number of thioether (sulfide) groups is 1. The van der Waals surface area contributed by atoms with Gasteiger partial charge in [-0.3, -0.25) is 9.59 Å². The summed E-state index contributed by atoms with van der Waals surface area (Å²) in [6.45, 7) is 1.94. The van der Waals surface area contributed by atoms with Crippen molar-refractivity contribution in [2.24, 2.45) is 0 Å². The molecule has 0 fully saturated rings. The van der Waals surface area contributed by atoms with E-state index < -0.39 is 0 Å². The highest BCUT2D eigenvalue weighted by molar-refractivity contribution is 8.04. The maximum Gasteiger partial charge on any atom is 0.272 e. The van der Waals surface area contributed by atoms with E-state index in [-0.39, 0.29) is 11.8 Å². The highest BCUT2D eigenvalue weighted by Crippen LogP contribution is 2.40. The van der Waals surface area contributed by atoms with E-state index in [0.29, 0.717) is 44.7 Å². The van der Waals surface area contributed by atoms with Gasteiger partial charge in [0.2, 0.25) is 0 Å². The van der Waals surface area contributed by atoms with Gasteiger partial charge in [0.25, 0.3) is 11.8 Å². The van der Waals surface area contributed by atoms with Crippen molar-refractivity contribution in [3.63, 3.8) is 0 Å². The zero-order valence-electron chi connectivity index (χ0n) is 16.1. The third kappa shape index (κ3) is 3.45. The van der Waals surface area contributed by atoms with Crippen molar-refractivity contribution in [3.05, 3.63) is 52.9 Å². The summed E-state index contributed by atoms with van der Waals surface area (Å²) in [4.78, 5) is 28.0. The number of anilines is 1. The van der Waals surface area contributed by atoms with Gasteiger partial charge in [-0.05, 0) is 35.6 Å². The molecule has 0 aromatic heterocycles. The Labute approximate surface area is 168 Å². The van der Waals surface area contributed by atoms with E-state index in [1.165, 1.54) is 30.9 Å². The number of benzene rings is 2. The standard InChI is InChI=1S/C21H21NO5S/c1-5-28-19-18(13-6-9-15(25-2)10-7-13)20(23)22(21(19)24)14-8-11-16(26-3)17(12-14)27-4/h6-12H,5H2,1-4H3. The van der Waals surface area contributed by atoms with E-state index in [1.807, 2.05) is 6.92 Å². The van der Waals surface area contributed by atoms with E-state index in [9.17, 15) is 9.59 Å². The van der Waals surface area contributed by atoms with Crippen LogP contribution >= 0.6 is 11.8 Å². The molecule has 0 saturated carbocycles. The molecule has 1 aliphatic heterocycles. The van der Waals surface area contributed by atoms with Crippen LogP contribution in [0.2, 0.25) is 0 Å². The minimum Gasteiger partial charge on any atom is -0.497 e. The minimum atomic E-state index is -0.363. The van der Waals surface area contributed by atoms with E-state index in [4.69, 9.17) is 14.2 Å². The summed E-state index contributed by atoms with van der Waals surface area (Å²) in [5.74, 6) is 1.63. The molecular weight excluding hydrogens is 378 g/mol. The van der Waals surface area contributed by atoms with Gasteiger partial charge in [0, 0.05) is 6.07 Å². The molecule has 3 rings (SSSR count). The number of hydrogen-bond donors (Lipinski definition) is 0. The molecule has 1 aliphatic rings. The fourth-order valence-corrected chi connectivity index (χ4v) is 3.85. The molecule has 0 saturated heterocycles. The number of carbonyl (C=O) groups excluding carboxylic acids is 2. The highest BCUT2D eigenvalue weighted by Gasteiger charge is 2.40. The molecule has 0 radical (unpaired) electrons. The van der Waals surface area contributed by atoms with Crippen molar-refractivity contribution < 1.29 is 23.8 Å². The van der Waals surface area contributed by atoms with Gasteiger partial charge in [-0.2, -0.15) is 0 Å². The lowest BCUT2D eigenvalue weighted by atomic mass is 10.1. The molecule has 7 heteroatoms. The van der Waals surface area contributed by atoms with Crippen molar-refractivity contribution in [2.45, 2.75) is 6.92 Å². The normalized spacial score (nSPS) is 13.9. The third-order valence-corrected chi connectivity index (χ3v) is 5.29. The number of hydrogen-bond acceptors (Lipinski definition) is 6. The molecule has 0 atom stereocenters. The van der Waals surface area contributed by atoms with Crippen molar-refractivity contribution in [2.75, 3.05) is 32.0 Å². The predicted octanol–water partition coefficient (Wildman–Crippen LogP) is 3.75. The summed E-state index contributed by atoms with van der Waals surface area (Å²) in [5.41, 5.74) is 1.51. The number of amides is 2. The van der Waals surface area contributed by atoms with E-state index in [1.54, 1.807) is 49.6 Å². The Hall–Kier alpha value is -2.93. The number of methoxy groups -OCH3 is 3. The summed E-state index contributed by atoms with van der Waals surface area (Å²) in [6, 6.07) is 12.1. The summed E-state index contributed by atoms with van der Waals surface area (Å²) in [6.07, 6.45) is 0. The van der Waals surface area contributed by atoms with Crippen LogP contribution in [0.5, 0.6) is 17.2 Å². The first kappa shape index (κ1) is 19.8. The van der Waals surface area contributed by atoms with E-state index in [2.05, 4.69) is 0 Å². The molecule has 6 nitrogen and oxygen atoms in total. The van der Waals surface area contributed by atoms with Crippen molar-refractivity contribution in [1.29, 1.82) is 0 Å². The second-order valence-corrected chi connectivity index (χ2v) is 7.12. The summed E-state index contributed by atoms with van der Waals surface area (Å²) in [7, 11) is 4.62. The van der Waals surface area contributed by atoms with Gasteiger partial charge < -0.3 is 14.2 Å². The fourth-order valence-electron chi connectivity index (χ4n) is 3.00. The second kappa shape index (κ2) is 8.39. The predicted molar refractivity (Wildman–Crippen MR) is 110 cm³/mol. The number of imide groups is 1. The van der Waals surface area contributed by atoms with E-state index >= 15 is 0 Å². The second-order valence-electron chi connectivity index (χ2n) is 5.85. The van der Waals surface area contributed by atoms with Gasteiger partial charge in [-0.15, -0.1) is 11.8 Å². The first-order chi connectivity index (χ1) is 13.5. The lowest BCUT2D eigenvalue weighted by Gasteiger charge is -2.17. The molecule has 2 amide bonds. The molecular formula is C21H21NO5S. The van der Waals surface area contributed by atoms with Gasteiger partial charge in [-0.25, -0.2) is 4.90 Å². The quantitative estimate of drug-likeness (QED) is 0.661. The van der Waals surface area contributed by atoms with Crippen LogP contribution in [0.15, 0.2) is 47.4 Å². The molecule has 28 heavy (non-hydrogen) atoms. The highest BCUT2D eigenvalue weighted by atomic mass is 32.2. The Morgan fingerprint density at radius 3 is 2.11 bits per heavy atom. The molecule has 0 N–H and O–H groups in total. The Balaban J connectivity index is 2.05. The van der Waals surface area contributed by atoms with Crippen molar-refractivity contribution >= 4 is 34.8 Å². The molecule has 2 aromatic rings. The zero-order chi connectivity index (χ0) is 20.3. The van der Waals surface area contributed by atoms with Crippen molar-refractivity contribution in [3.8, 4) is 17.2 Å². The molecule has 1 heterocycles. The first-order valence-electron chi connectivity index (χ1n) is 8.68. The summed E-state index contributed by atoms with van der Waals surface area (Å²) >= 11 is 1.36. The van der Waals surface area contributed by atoms with Crippen LogP contribution in [0.3, 0.4) is 0 Å². The fraction of sp³-hybridized carbons (Fsp3) is 0.238. The number of carbonyl (C=O) groups is 2. The molecule has 0 unspecified atom stereocenters. The van der Waals surface area contributed by atoms with Crippen molar-refractivity contribution in [1.82, 2.24) is 0 Å². The van der Waals surface area contributed by atoms with Crippen LogP contribution in [-0.2, 0) is 9.59 Å².